The summed E-state index contributed by atoms with van der Waals surface area (Å²) < 4.78 is 0. The first-order valence-corrected chi connectivity index (χ1v) is 11.4. The quantitative estimate of drug-likeness (QED) is 0.800. The number of nitrogens with zero attached hydrogens (tertiary/aromatic N) is 3. The van der Waals surface area contributed by atoms with Gasteiger partial charge in [0.1, 0.15) is 0 Å². The minimum absolute atomic E-state index is 0.0446. The highest BCUT2D eigenvalue weighted by atomic mass is 16.3. The molecular weight excluding hydrogens is 362 g/mol. The van der Waals surface area contributed by atoms with Gasteiger partial charge >= 0.3 is 6.03 Å². The van der Waals surface area contributed by atoms with E-state index in [4.69, 9.17) is 0 Å². The van der Waals surface area contributed by atoms with Crippen molar-refractivity contribution in [3.05, 3.63) is 35.9 Å². The van der Waals surface area contributed by atoms with Crippen molar-refractivity contribution in [1.82, 2.24) is 14.7 Å². The fourth-order valence-electron chi connectivity index (χ4n) is 5.79. The summed E-state index contributed by atoms with van der Waals surface area (Å²) in [6.45, 7) is 2.22. The average Bonchev–Trinajstić information content (AvgIpc) is 3.64. The Labute approximate surface area is 174 Å². The first-order valence-electron chi connectivity index (χ1n) is 11.4. The average molecular weight is 398 g/mol. The molecule has 0 unspecified atom stereocenters. The Bertz CT molecular complexity index is 762. The molecule has 0 radical (unpaired) electrons. The van der Waals surface area contributed by atoms with Gasteiger partial charge in [-0.15, -0.1) is 0 Å². The smallest absolute Gasteiger partial charge is 0.320 e. The SMILES string of the molecule is CN(C)C1(c2ccccc2)CCC2(CC1)CN(CC1(O)CC1)C(=O)N2CC1CC1. The number of aliphatic hydroxyl groups is 1. The van der Waals surface area contributed by atoms with E-state index in [1.54, 1.807) is 0 Å². The molecule has 5 nitrogen and oxygen atoms in total. The zero-order chi connectivity index (χ0) is 20.3. The van der Waals surface area contributed by atoms with Gasteiger partial charge in [0.15, 0.2) is 0 Å². The van der Waals surface area contributed by atoms with Crippen molar-refractivity contribution in [2.24, 2.45) is 5.92 Å². The van der Waals surface area contributed by atoms with E-state index < -0.39 is 5.60 Å². The van der Waals surface area contributed by atoms with Crippen LogP contribution in [-0.2, 0) is 5.54 Å². The molecule has 4 fully saturated rings. The molecule has 1 N–H and O–H groups in total. The Balaban J connectivity index is 1.39. The van der Waals surface area contributed by atoms with Crippen molar-refractivity contribution in [2.45, 2.75) is 68.0 Å². The number of amides is 2. The van der Waals surface area contributed by atoms with Crippen molar-refractivity contribution >= 4 is 6.03 Å². The summed E-state index contributed by atoms with van der Waals surface area (Å²) in [4.78, 5) is 19.9. The van der Waals surface area contributed by atoms with Gasteiger partial charge in [-0.3, -0.25) is 4.90 Å². The highest BCUT2D eigenvalue weighted by molar-refractivity contribution is 5.78. The van der Waals surface area contributed by atoms with E-state index in [0.717, 1.165) is 51.6 Å². The molecule has 3 saturated carbocycles. The second-order valence-corrected chi connectivity index (χ2v) is 10.4. The molecule has 0 atom stereocenters. The molecule has 1 aromatic carbocycles. The summed E-state index contributed by atoms with van der Waals surface area (Å²) >= 11 is 0. The van der Waals surface area contributed by atoms with E-state index in [-0.39, 0.29) is 17.1 Å². The molecule has 2 amide bonds. The number of benzene rings is 1. The number of urea groups is 1. The number of carbonyl (C=O) groups is 1. The van der Waals surface area contributed by atoms with Crippen LogP contribution in [0.5, 0.6) is 0 Å². The Morgan fingerprint density at radius 2 is 1.69 bits per heavy atom. The lowest BCUT2D eigenvalue weighted by atomic mass is 9.68. The fraction of sp³-hybridized carbons (Fsp3) is 0.708. The van der Waals surface area contributed by atoms with Gasteiger partial charge in [0.05, 0.1) is 17.7 Å². The number of hydrogen-bond acceptors (Lipinski definition) is 3. The topological polar surface area (TPSA) is 47.0 Å². The van der Waals surface area contributed by atoms with Crippen LogP contribution >= 0.6 is 0 Å². The summed E-state index contributed by atoms with van der Waals surface area (Å²) in [6, 6.07) is 11.1. The molecular formula is C24H35N3O2. The monoisotopic (exact) mass is 397 g/mol. The molecule has 29 heavy (non-hydrogen) atoms. The van der Waals surface area contributed by atoms with Crippen LogP contribution in [0.4, 0.5) is 4.79 Å². The van der Waals surface area contributed by atoms with E-state index >= 15 is 0 Å². The van der Waals surface area contributed by atoms with Crippen LogP contribution in [0.2, 0.25) is 0 Å². The van der Waals surface area contributed by atoms with Crippen molar-refractivity contribution in [3.8, 4) is 0 Å². The van der Waals surface area contributed by atoms with E-state index in [1.165, 1.54) is 18.4 Å². The molecule has 3 aliphatic carbocycles. The van der Waals surface area contributed by atoms with Crippen LogP contribution in [0.1, 0.15) is 56.9 Å². The Hall–Kier alpha value is -1.59. The first kappa shape index (κ1) is 19.4. The molecule has 1 heterocycles. The highest BCUT2D eigenvalue weighted by Gasteiger charge is 2.57. The largest absolute Gasteiger partial charge is 0.388 e. The summed E-state index contributed by atoms with van der Waals surface area (Å²) in [5.74, 6) is 0.689. The number of rotatable bonds is 6. The lowest BCUT2D eigenvalue weighted by Crippen LogP contribution is -2.55. The van der Waals surface area contributed by atoms with Crippen LogP contribution in [0.25, 0.3) is 0 Å². The molecule has 5 heteroatoms. The maximum Gasteiger partial charge on any atom is 0.320 e. The Morgan fingerprint density at radius 1 is 1.03 bits per heavy atom. The zero-order valence-corrected chi connectivity index (χ0v) is 17.9. The van der Waals surface area contributed by atoms with Crippen LogP contribution < -0.4 is 0 Å². The van der Waals surface area contributed by atoms with Gasteiger partial charge in [-0.25, -0.2) is 4.79 Å². The molecule has 1 spiro atoms. The maximum absolute atomic E-state index is 13.3. The van der Waals surface area contributed by atoms with Gasteiger partial charge in [-0.1, -0.05) is 30.3 Å². The van der Waals surface area contributed by atoms with E-state index in [2.05, 4.69) is 54.2 Å². The lowest BCUT2D eigenvalue weighted by Gasteiger charge is -2.51. The molecule has 1 saturated heterocycles. The van der Waals surface area contributed by atoms with Crippen molar-refractivity contribution in [1.29, 1.82) is 0 Å². The Kier molecular flexibility index (Phi) is 4.48. The molecule has 4 aliphatic rings. The summed E-state index contributed by atoms with van der Waals surface area (Å²) in [5.41, 5.74) is 0.766. The molecule has 0 bridgehead atoms. The Morgan fingerprint density at radius 3 is 2.24 bits per heavy atom. The summed E-state index contributed by atoms with van der Waals surface area (Å²) in [6.07, 6.45) is 8.40. The predicted molar refractivity (Wildman–Crippen MR) is 114 cm³/mol. The first-order chi connectivity index (χ1) is 13.9. The molecule has 158 valence electrons. The van der Waals surface area contributed by atoms with Crippen LogP contribution in [0.15, 0.2) is 30.3 Å². The minimum Gasteiger partial charge on any atom is -0.388 e. The van der Waals surface area contributed by atoms with Gasteiger partial charge < -0.3 is 14.9 Å². The third kappa shape index (κ3) is 3.36. The third-order valence-electron chi connectivity index (χ3n) is 8.18. The maximum atomic E-state index is 13.3. The van der Waals surface area contributed by atoms with Crippen molar-refractivity contribution in [3.63, 3.8) is 0 Å². The van der Waals surface area contributed by atoms with Crippen LogP contribution in [0, 0.1) is 5.92 Å². The van der Waals surface area contributed by atoms with Gasteiger partial charge in [-0.2, -0.15) is 0 Å². The molecule has 1 aliphatic heterocycles. The lowest BCUT2D eigenvalue weighted by molar-refractivity contribution is 0.0224. The summed E-state index contributed by atoms with van der Waals surface area (Å²) in [7, 11) is 4.39. The summed E-state index contributed by atoms with van der Waals surface area (Å²) in [5, 5.41) is 10.5. The molecule has 0 aromatic heterocycles. The normalized spacial score (nSPS) is 33.7. The standard InChI is InChI=1S/C24H35N3O2/c1-25(2)24(20-6-4-3-5-7-20)14-10-22(11-15-24)17-26(18-23(29)12-13-23)21(28)27(22)16-19-8-9-19/h3-7,19,29H,8-18H2,1-2H3. The second-order valence-electron chi connectivity index (χ2n) is 10.4. The van der Waals surface area contributed by atoms with E-state index in [9.17, 15) is 9.90 Å². The number of β-amino-alcohol motifs (C(OH)–C–C–N with tert-alkyl or cyclic N) is 1. The van der Waals surface area contributed by atoms with E-state index in [1.807, 2.05) is 4.90 Å². The van der Waals surface area contributed by atoms with Crippen LogP contribution in [-0.4, -0.2) is 70.7 Å². The van der Waals surface area contributed by atoms with Crippen LogP contribution in [0.3, 0.4) is 0 Å². The van der Waals surface area contributed by atoms with Gasteiger partial charge in [0, 0.05) is 18.6 Å². The number of carbonyl (C=O) groups excluding carboxylic acids is 1. The highest BCUT2D eigenvalue weighted by Crippen LogP contribution is 2.50. The molecule has 1 aromatic rings. The third-order valence-corrected chi connectivity index (χ3v) is 8.18. The minimum atomic E-state index is -0.613. The fourth-order valence-corrected chi connectivity index (χ4v) is 5.79. The molecule has 5 rings (SSSR count). The second kappa shape index (κ2) is 6.71. The van der Waals surface area contributed by atoms with Gasteiger partial charge in [-0.05, 0) is 76.9 Å². The van der Waals surface area contributed by atoms with Gasteiger partial charge in [0.2, 0.25) is 0 Å². The number of hydrogen-bond donors (Lipinski definition) is 1. The van der Waals surface area contributed by atoms with Crippen molar-refractivity contribution in [2.75, 3.05) is 33.7 Å². The predicted octanol–water partition coefficient (Wildman–Crippen LogP) is 3.43. The van der Waals surface area contributed by atoms with Crippen molar-refractivity contribution < 1.29 is 9.90 Å². The zero-order valence-electron chi connectivity index (χ0n) is 17.9. The van der Waals surface area contributed by atoms with Gasteiger partial charge in [0.25, 0.3) is 0 Å². The van der Waals surface area contributed by atoms with E-state index in [0.29, 0.717) is 12.5 Å².